The van der Waals surface area contributed by atoms with Crippen LogP contribution in [0.4, 0.5) is 5.00 Å². The number of esters is 3. The number of oxazole rings is 1. The maximum absolute atomic E-state index is 12.9. The van der Waals surface area contributed by atoms with Gasteiger partial charge in [-0.25, -0.2) is 19.4 Å². The van der Waals surface area contributed by atoms with Gasteiger partial charge in [-0.3, -0.25) is 4.79 Å². The lowest BCUT2D eigenvalue weighted by Crippen LogP contribution is -2.22. The summed E-state index contributed by atoms with van der Waals surface area (Å²) >= 11 is 0.881. The van der Waals surface area contributed by atoms with Gasteiger partial charge in [0.15, 0.2) is 12.2 Å². The summed E-state index contributed by atoms with van der Waals surface area (Å²) in [5, 5.41) is 2.64. The fourth-order valence-corrected chi connectivity index (χ4v) is 4.75. The van der Waals surface area contributed by atoms with Crippen LogP contribution in [0.1, 0.15) is 49.8 Å². The Morgan fingerprint density at radius 3 is 2.32 bits per heavy atom. The molecule has 0 aliphatic carbocycles. The van der Waals surface area contributed by atoms with Crippen LogP contribution in [0.5, 0.6) is 0 Å². The average molecular weight is 537 g/mol. The summed E-state index contributed by atoms with van der Waals surface area (Å²) in [7, 11) is 0. The summed E-state index contributed by atoms with van der Waals surface area (Å²) in [6, 6.07) is 13.8. The van der Waals surface area contributed by atoms with Gasteiger partial charge in [-0.15, -0.1) is 11.3 Å². The lowest BCUT2D eigenvalue weighted by Gasteiger charge is -2.09. The Morgan fingerprint density at radius 2 is 1.58 bits per heavy atom. The molecule has 1 amide bonds. The van der Waals surface area contributed by atoms with Crippen molar-refractivity contribution in [2.24, 2.45) is 0 Å². The summed E-state index contributed by atoms with van der Waals surface area (Å²) in [5.74, 6) is -2.56. The van der Waals surface area contributed by atoms with Crippen LogP contribution >= 0.6 is 11.3 Å². The molecule has 0 saturated heterocycles. The zero-order valence-electron chi connectivity index (χ0n) is 20.9. The predicted octanol–water partition coefficient (Wildman–Crippen LogP) is 5.01. The molecular formula is C27H24N2O8S. The molecule has 0 unspecified atom stereocenters. The number of anilines is 1. The van der Waals surface area contributed by atoms with Gasteiger partial charge in [0.25, 0.3) is 5.91 Å². The van der Waals surface area contributed by atoms with Crippen molar-refractivity contribution < 1.29 is 37.8 Å². The van der Waals surface area contributed by atoms with E-state index in [1.165, 1.54) is 6.07 Å². The van der Waals surface area contributed by atoms with Crippen molar-refractivity contribution in [1.82, 2.24) is 4.98 Å². The fraction of sp³-hybridized carbons (Fsp3) is 0.222. The summed E-state index contributed by atoms with van der Waals surface area (Å²) < 4.78 is 21.1. The number of rotatable bonds is 9. The molecule has 2 heterocycles. The Labute approximate surface area is 221 Å². The molecule has 11 heteroatoms. The van der Waals surface area contributed by atoms with E-state index in [9.17, 15) is 19.2 Å². The van der Waals surface area contributed by atoms with Crippen molar-refractivity contribution in [3.8, 4) is 11.5 Å². The highest BCUT2D eigenvalue weighted by atomic mass is 32.1. The minimum Gasteiger partial charge on any atom is -0.462 e. The van der Waals surface area contributed by atoms with Gasteiger partial charge in [-0.05, 0) is 50.6 Å². The monoisotopic (exact) mass is 536 g/mol. The van der Waals surface area contributed by atoms with Gasteiger partial charge in [-0.1, -0.05) is 24.3 Å². The fourth-order valence-electron chi connectivity index (χ4n) is 3.65. The minimum atomic E-state index is -0.766. The van der Waals surface area contributed by atoms with Gasteiger partial charge in [0.05, 0.1) is 29.9 Å². The predicted molar refractivity (Wildman–Crippen MR) is 139 cm³/mol. The zero-order chi connectivity index (χ0) is 27.2. The highest BCUT2D eigenvalue weighted by Gasteiger charge is 2.28. The molecule has 196 valence electrons. The van der Waals surface area contributed by atoms with Crippen LogP contribution in [0.2, 0.25) is 0 Å². The molecule has 0 radical (unpaired) electrons. The molecule has 10 nitrogen and oxygen atoms in total. The second-order valence-corrected chi connectivity index (χ2v) is 8.88. The molecule has 2 aromatic heterocycles. The Balaban J connectivity index is 1.50. The van der Waals surface area contributed by atoms with Gasteiger partial charge in [0, 0.05) is 0 Å². The van der Waals surface area contributed by atoms with Gasteiger partial charge in [0.1, 0.15) is 15.4 Å². The largest absolute Gasteiger partial charge is 0.462 e. The third-order valence-electron chi connectivity index (χ3n) is 5.35. The first-order chi connectivity index (χ1) is 18.3. The Kier molecular flexibility index (Phi) is 8.17. The second kappa shape index (κ2) is 11.7. The van der Waals surface area contributed by atoms with Crippen LogP contribution in [0.3, 0.4) is 0 Å². The van der Waals surface area contributed by atoms with E-state index in [1.807, 2.05) is 12.1 Å². The molecule has 2 aromatic carbocycles. The first-order valence-corrected chi connectivity index (χ1v) is 12.5. The Morgan fingerprint density at radius 1 is 0.895 bits per heavy atom. The first kappa shape index (κ1) is 26.6. The number of benzene rings is 2. The number of ether oxygens (including phenoxy) is 3. The van der Waals surface area contributed by atoms with Crippen molar-refractivity contribution in [1.29, 1.82) is 0 Å². The summed E-state index contributed by atoms with van der Waals surface area (Å²) in [6.07, 6.45) is 0. The van der Waals surface area contributed by atoms with Crippen molar-refractivity contribution in [2.75, 3.05) is 25.1 Å². The SMILES string of the molecule is CCOC(=O)c1sc(NC(=O)COC(=O)c2ccccc2-c2nc3ccccc3o2)c(C(=O)OCC)c1C. The van der Waals surface area contributed by atoms with E-state index in [0.717, 1.165) is 11.3 Å². The number of nitrogens with one attached hydrogen (secondary N) is 1. The maximum Gasteiger partial charge on any atom is 0.348 e. The number of hydrogen-bond acceptors (Lipinski definition) is 10. The number of hydrogen-bond donors (Lipinski definition) is 1. The van der Waals surface area contributed by atoms with Crippen molar-refractivity contribution in [3.05, 3.63) is 70.1 Å². The van der Waals surface area contributed by atoms with Crippen LogP contribution in [0.25, 0.3) is 22.6 Å². The number of aromatic nitrogens is 1. The van der Waals surface area contributed by atoms with Crippen molar-refractivity contribution in [2.45, 2.75) is 20.8 Å². The molecule has 4 aromatic rings. The molecule has 0 saturated carbocycles. The molecule has 1 N–H and O–H groups in total. The molecule has 0 bridgehead atoms. The minimum absolute atomic E-state index is 0.0425. The molecule has 0 spiro atoms. The van der Waals surface area contributed by atoms with Crippen molar-refractivity contribution in [3.63, 3.8) is 0 Å². The number of para-hydroxylation sites is 2. The number of carbonyl (C=O) groups excluding carboxylic acids is 4. The molecule has 0 aliphatic heterocycles. The van der Waals surface area contributed by atoms with Gasteiger partial charge in [0.2, 0.25) is 5.89 Å². The van der Waals surface area contributed by atoms with Crippen LogP contribution in [0.15, 0.2) is 52.9 Å². The zero-order valence-corrected chi connectivity index (χ0v) is 21.7. The Hall–Kier alpha value is -4.51. The summed E-state index contributed by atoms with van der Waals surface area (Å²) in [5.41, 5.74) is 2.14. The smallest absolute Gasteiger partial charge is 0.348 e. The number of amides is 1. The normalized spacial score (nSPS) is 10.7. The number of thiophene rings is 1. The van der Waals surface area contributed by atoms with E-state index < -0.39 is 30.4 Å². The number of nitrogens with zero attached hydrogens (tertiary/aromatic N) is 1. The molecule has 4 rings (SSSR count). The Bertz CT molecular complexity index is 1490. The van der Waals surface area contributed by atoms with E-state index in [-0.39, 0.29) is 40.1 Å². The lowest BCUT2D eigenvalue weighted by molar-refractivity contribution is -0.119. The third-order valence-corrected chi connectivity index (χ3v) is 6.53. The average Bonchev–Trinajstić information content (AvgIpc) is 3.48. The van der Waals surface area contributed by atoms with Crippen molar-refractivity contribution >= 4 is 51.3 Å². The third kappa shape index (κ3) is 5.57. The first-order valence-electron chi connectivity index (χ1n) is 11.7. The van der Waals surface area contributed by atoms with Crippen LogP contribution in [-0.2, 0) is 19.0 Å². The lowest BCUT2D eigenvalue weighted by atomic mass is 10.1. The van der Waals surface area contributed by atoms with Crippen LogP contribution in [0, 0.1) is 6.92 Å². The highest BCUT2D eigenvalue weighted by Crippen LogP contribution is 2.34. The highest BCUT2D eigenvalue weighted by molar-refractivity contribution is 7.18. The summed E-state index contributed by atoms with van der Waals surface area (Å²) in [6.45, 7) is 4.47. The number of carbonyl (C=O) groups is 4. The topological polar surface area (TPSA) is 134 Å². The standard InChI is InChI=1S/C27H24N2O8S/c1-4-34-26(32)21-15(3)22(27(33)35-5-2)38-24(21)29-20(30)14-36-25(31)17-11-7-6-10-16(17)23-28-18-12-8-9-13-19(18)37-23/h6-13H,4-5,14H2,1-3H3,(H,29,30). The molecule has 0 aliphatic rings. The second-order valence-electron chi connectivity index (χ2n) is 7.86. The quantitative estimate of drug-likeness (QED) is 0.231. The van der Waals surface area contributed by atoms with Gasteiger partial charge >= 0.3 is 17.9 Å². The van der Waals surface area contributed by atoms with E-state index in [0.29, 0.717) is 22.2 Å². The molecule has 38 heavy (non-hydrogen) atoms. The van der Waals surface area contributed by atoms with E-state index in [2.05, 4.69) is 10.3 Å². The van der Waals surface area contributed by atoms with E-state index in [4.69, 9.17) is 18.6 Å². The number of fused-ring (bicyclic) bond motifs is 1. The van der Waals surface area contributed by atoms with Gasteiger partial charge < -0.3 is 23.9 Å². The summed E-state index contributed by atoms with van der Waals surface area (Å²) in [4.78, 5) is 55.0. The van der Waals surface area contributed by atoms with Crippen LogP contribution in [-0.4, -0.2) is 48.6 Å². The van der Waals surface area contributed by atoms with Crippen LogP contribution < -0.4 is 5.32 Å². The molecule has 0 fully saturated rings. The van der Waals surface area contributed by atoms with E-state index in [1.54, 1.807) is 51.1 Å². The maximum atomic E-state index is 12.9. The van der Waals surface area contributed by atoms with Gasteiger partial charge in [-0.2, -0.15) is 0 Å². The van der Waals surface area contributed by atoms with E-state index >= 15 is 0 Å². The molecular weight excluding hydrogens is 512 g/mol. The molecule has 0 atom stereocenters.